The van der Waals surface area contributed by atoms with E-state index < -0.39 is 0 Å². The number of nitrogens with zero attached hydrogens (tertiary/aromatic N) is 2. The SMILES string of the molecule is COc1nc(C2(N)CC2)nc2ccc(C)cc12. The molecule has 0 aliphatic heterocycles. The second-order valence-corrected chi connectivity index (χ2v) is 4.73. The maximum atomic E-state index is 6.13. The van der Waals surface area contributed by atoms with E-state index in [-0.39, 0.29) is 5.54 Å². The van der Waals surface area contributed by atoms with Crippen molar-refractivity contribution in [3.8, 4) is 5.88 Å². The summed E-state index contributed by atoms with van der Waals surface area (Å²) in [6.45, 7) is 2.04. The van der Waals surface area contributed by atoms with Gasteiger partial charge in [-0.15, -0.1) is 0 Å². The Morgan fingerprint density at radius 2 is 2.06 bits per heavy atom. The number of benzene rings is 1. The Balaban J connectivity index is 2.26. The van der Waals surface area contributed by atoms with E-state index in [1.54, 1.807) is 7.11 Å². The Morgan fingerprint density at radius 3 is 2.71 bits per heavy atom. The van der Waals surface area contributed by atoms with Gasteiger partial charge in [0.1, 0.15) is 0 Å². The molecule has 1 aromatic carbocycles. The Kier molecular flexibility index (Phi) is 2.10. The average Bonchev–Trinajstić information content (AvgIpc) is 3.07. The smallest absolute Gasteiger partial charge is 0.224 e. The van der Waals surface area contributed by atoms with Gasteiger partial charge in [-0.1, -0.05) is 11.6 Å². The third-order valence-electron chi connectivity index (χ3n) is 3.24. The van der Waals surface area contributed by atoms with Gasteiger partial charge in [0.05, 0.1) is 23.6 Å². The van der Waals surface area contributed by atoms with Crippen LogP contribution in [0.3, 0.4) is 0 Å². The number of nitrogens with two attached hydrogens (primary N) is 1. The van der Waals surface area contributed by atoms with Gasteiger partial charge in [-0.2, -0.15) is 4.98 Å². The minimum absolute atomic E-state index is 0.327. The topological polar surface area (TPSA) is 61.0 Å². The highest BCUT2D eigenvalue weighted by Crippen LogP contribution is 2.42. The van der Waals surface area contributed by atoms with Crippen molar-refractivity contribution >= 4 is 10.9 Å². The van der Waals surface area contributed by atoms with Crippen molar-refractivity contribution in [3.05, 3.63) is 29.6 Å². The largest absolute Gasteiger partial charge is 0.480 e. The highest BCUT2D eigenvalue weighted by Gasteiger charge is 2.43. The van der Waals surface area contributed by atoms with Gasteiger partial charge in [-0.25, -0.2) is 4.98 Å². The Labute approximate surface area is 99.8 Å². The molecule has 2 aromatic rings. The summed E-state index contributed by atoms with van der Waals surface area (Å²) in [5.41, 5.74) is 7.87. The molecule has 1 fully saturated rings. The summed E-state index contributed by atoms with van der Waals surface area (Å²) in [6.07, 6.45) is 1.90. The monoisotopic (exact) mass is 229 g/mol. The van der Waals surface area contributed by atoms with Crippen molar-refractivity contribution < 1.29 is 4.74 Å². The molecule has 1 aliphatic carbocycles. The number of rotatable bonds is 2. The Morgan fingerprint density at radius 1 is 1.29 bits per heavy atom. The van der Waals surface area contributed by atoms with Crippen LogP contribution >= 0.6 is 0 Å². The van der Waals surface area contributed by atoms with Crippen molar-refractivity contribution in [1.82, 2.24) is 9.97 Å². The minimum Gasteiger partial charge on any atom is -0.480 e. The molecule has 4 nitrogen and oxygen atoms in total. The lowest BCUT2D eigenvalue weighted by atomic mass is 10.1. The van der Waals surface area contributed by atoms with Gasteiger partial charge in [0.25, 0.3) is 0 Å². The fourth-order valence-electron chi connectivity index (χ4n) is 1.95. The van der Waals surface area contributed by atoms with Crippen LogP contribution in [0.2, 0.25) is 0 Å². The summed E-state index contributed by atoms with van der Waals surface area (Å²) >= 11 is 0. The fraction of sp³-hybridized carbons (Fsp3) is 0.385. The maximum Gasteiger partial charge on any atom is 0.224 e. The van der Waals surface area contributed by atoms with Crippen molar-refractivity contribution in [2.24, 2.45) is 5.73 Å². The second-order valence-electron chi connectivity index (χ2n) is 4.73. The molecule has 0 unspecified atom stereocenters. The lowest BCUT2D eigenvalue weighted by Crippen LogP contribution is -2.22. The van der Waals surface area contributed by atoms with E-state index in [1.165, 1.54) is 5.56 Å². The van der Waals surface area contributed by atoms with Crippen molar-refractivity contribution in [2.75, 3.05) is 7.11 Å². The maximum absolute atomic E-state index is 6.13. The molecule has 4 heteroatoms. The van der Waals surface area contributed by atoms with Crippen LogP contribution in [0.25, 0.3) is 10.9 Å². The number of hydrogen-bond donors (Lipinski definition) is 1. The molecule has 0 saturated heterocycles. The van der Waals surface area contributed by atoms with E-state index in [0.717, 1.165) is 23.7 Å². The van der Waals surface area contributed by atoms with Crippen molar-refractivity contribution in [3.63, 3.8) is 0 Å². The standard InChI is InChI=1S/C13H15N3O/c1-8-3-4-10-9(7-8)11(17-2)16-12(15-10)13(14)5-6-13/h3-4,7H,5-6,14H2,1-2H3. The highest BCUT2D eigenvalue weighted by atomic mass is 16.5. The molecule has 0 amide bonds. The van der Waals surface area contributed by atoms with E-state index in [2.05, 4.69) is 9.97 Å². The van der Waals surface area contributed by atoms with Crippen LogP contribution in [0.15, 0.2) is 18.2 Å². The number of ether oxygens (including phenoxy) is 1. The highest BCUT2D eigenvalue weighted by molar-refractivity contribution is 5.84. The molecule has 3 rings (SSSR count). The third-order valence-corrected chi connectivity index (χ3v) is 3.24. The molecule has 0 atom stereocenters. The minimum atomic E-state index is -0.327. The second kappa shape index (κ2) is 3.40. The van der Waals surface area contributed by atoms with Crippen molar-refractivity contribution in [2.45, 2.75) is 25.3 Å². The first-order chi connectivity index (χ1) is 8.12. The Hall–Kier alpha value is -1.68. The van der Waals surface area contributed by atoms with Gasteiger partial charge in [0.15, 0.2) is 5.82 Å². The summed E-state index contributed by atoms with van der Waals surface area (Å²) in [5.74, 6) is 1.32. The molecule has 1 aromatic heterocycles. The zero-order valence-electron chi connectivity index (χ0n) is 10.0. The van der Waals surface area contributed by atoms with Crippen LogP contribution < -0.4 is 10.5 Å². The molecule has 2 N–H and O–H groups in total. The summed E-state index contributed by atoms with van der Waals surface area (Å²) in [7, 11) is 1.63. The molecule has 1 saturated carbocycles. The molecule has 0 radical (unpaired) electrons. The zero-order valence-corrected chi connectivity index (χ0v) is 10.0. The van der Waals surface area contributed by atoms with Gasteiger partial charge in [-0.3, -0.25) is 0 Å². The lowest BCUT2D eigenvalue weighted by Gasteiger charge is -2.11. The third kappa shape index (κ3) is 1.65. The van der Waals surface area contributed by atoms with Crippen LogP contribution in [0.5, 0.6) is 5.88 Å². The predicted octanol–water partition coefficient (Wildman–Crippen LogP) is 1.89. The van der Waals surface area contributed by atoms with E-state index in [4.69, 9.17) is 10.5 Å². The number of aromatic nitrogens is 2. The lowest BCUT2D eigenvalue weighted by molar-refractivity contribution is 0.398. The number of methoxy groups -OCH3 is 1. The van der Waals surface area contributed by atoms with Gasteiger partial charge in [0, 0.05) is 0 Å². The number of hydrogen-bond acceptors (Lipinski definition) is 4. The predicted molar refractivity (Wildman–Crippen MR) is 65.9 cm³/mol. The molecule has 1 aliphatic rings. The van der Waals surface area contributed by atoms with Crippen LogP contribution in [-0.4, -0.2) is 17.1 Å². The molecule has 1 heterocycles. The van der Waals surface area contributed by atoms with Gasteiger partial charge >= 0.3 is 0 Å². The van der Waals surface area contributed by atoms with Crippen LogP contribution in [-0.2, 0) is 5.54 Å². The first-order valence-corrected chi connectivity index (χ1v) is 5.74. The average molecular weight is 229 g/mol. The van der Waals surface area contributed by atoms with E-state index in [0.29, 0.717) is 11.7 Å². The summed E-state index contributed by atoms with van der Waals surface area (Å²) in [6, 6.07) is 6.06. The summed E-state index contributed by atoms with van der Waals surface area (Å²) < 4.78 is 5.34. The van der Waals surface area contributed by atoms with Crippen LogP contribution in [0.4, 0.5) is 0 Å². The number of fused-ring (bicyclic) bond motifs is 1. The van der Waals surface area contributed by atoms with Crippen molar-refractivity contribution in [1.29, 1.82) is 0 Å². The Bertz CT molecular complexity index is 590. The zero-order chi connectivity index (χ0) is 12.0. The van der Waals surface area contributed by atoms with E-state index in [9.17, 15) is 0 Å². The molecule has 88 valence electrons. The van der Waals surface area contributed by atoms with E-state index in [1.807, 2.05) is 25.1 Å². The molecule has 0 spiro atoms. The number of aryl methyl sites for hydroxylation is 1. The fourth-order valence-corrected chi connectivity index (χ4v) is 1.95. The normalized spacial score (nSPS) is 17.1. The van der Waals surface area contributed by atoms with Crippen LogP contribution in [0.1, 0.15) is 24.2 Å². The first kappa shape index (κ1) is 10.5. The first-order valence-electron chi connectivity index (χ1n) is 5.74. The van der Waals surface area contributed by atoms with Gasteiger partial charge in [-0.05, 0) is 31.9 Å². The molecular formula is C13H15N3O. The molecule has 17 heavy (non-hydrogen) atoms. The summed E-state index contributed by atoms with van der Waals surface area (Å²) in [4.78, 5) is 8.98. The quantitative estimate of drug-likeness (QED) is 0.854. The summed E-state index contributed by atoms with van der Waals surface area (Å²) in [5, 5.41) is 0.945. The van der Waals surface area contributed by atoms with Crippen LogP contribution in [0, 0.1) is 6.92 Å². The van der Waals surface area contributed by atoms with Gasteiger partial charge < -0.3 is 10.5 Å². The molecule has 0 bridgehead atoms. The van der Waals surface area contributed by atoms with E-state index >= 15 is 0 Å². The van der Waals surface area contributed by atoms with Gasteiger partial charge in [0.2, 0.25) is 5.88 Å². The molecular weight excluding hydrogens is 214 g/mol.